The summed E-state index contributed by atoms with van der Waals surface area (Å²) in [6, 6.07) is 11.9. The predicted octanol–water partition coefficient (Wildman–Crippen LogP) is 3.53. The van der Waals surface area contributed by atoms with Crippen molar-refractivity contribution in [2.24, 2.45) is 0 Å². The molecule has 0 bridgehead atoms. The third kappa shape index (κ3) is 2.28. The molecule has 0 unspecified atom stereocenters. The summed E-state index contributed by atoms with van der Waals surface area (Å²) in [6.07, 6.45) is 2.77. The van der Waals surface area contributed by atoms with Crippen LogP contribution >= 0.6 is 23.1 Å². The van der Waals surface area contributed by atoms with Crippen molar-refractivity contribution in [2.45, 2.75) is 4.90 Å². The fourth-order valence-electron chi connectivity index (χ4n) is 1.94. The van der Waals surface area contributed by atoms with Gasteiger partial charge in [0, 0.05) is 4.90 Å². The third-order valence-corrected chi connectivity index (χ3v) is 4.46. The Kier molecular flexibility index (Phi) is 3.66. The van der Waals surface area contributed by atoms with Crippen molar-refractivity contribution < 1.29 is 4.79 Å². The molecule has 3 rings (SSSR count). The van der Waals surface area contributed by atoms with Crippen molar-refractivity contribution in [3.8, 4) is 16.3 Å². The SMILES string of the molecule is CSc1cccc(-n2nnc(C=O)c2-c2cccs2)c1. The lowest BCUT2D eigenvalue weighted by molar-refractivity contribution is 0.111. The van der Waals surface area contributed by atoms with Gasteiger partial charge in [0.25, 0.3) is 0 Å². The molecule has 0 radical (unpaired) electrons. The van der Waals surface area contributed by atoms with Gasteiger partial charge in [0.1, 0.15) is 5.69 Å². The minimum absolute atomic E-state index is 0.363. The van der Waals surface area contributed by atoms with Gasteiger partial charge >= 0.3 is 0 Å². The lowest BCUT2D eigenvalue weighted by Gasteiger charge is -2.06. The van der Waals surface area contributed by atoms with Gasteiger partial charge in [-0.2, -0.15) is 0 Å². The summed E-state index contributed by atoms with van der Waals surface area (Å²) in [7, 11) is 0. The summed E-state index contributed by atoms with van der Waals surface area (Å²) in [4.78, 5) is 13.3. The molecular formula is C14H11N3OS2. The molecule has 2 aromatic heterocycles. The molecule has 0 N–H and O–H groups in total. The van der Waals surface area contributed by atoms with E-state index in [9.17, 15) is 4.79 Å². The second kappa shape index (κ2) is 5.60. The number of thioether (sulfide) groups is 1. The van der Waals surface area contributed by atoms with Gasteiger partial charge < -0.3 is 0 Å². The normalized spacial score (nSPS) is 10.7. The molecule has 0 aliphatic heterocycles. The highest BCUT2D eigenvalue weighted by molar-refractivity contribution is 7.98. The first-order valence-electron chi connectivity index (χ1n) is 5.92. The van der Waals surface area contributed by atoms with Gasteiger partial charge in [0.2, 0.25) is 0 Å². The monoisotopic (exact) mass is 301 g/mol. The van der Waals surface area contributed by atoms with E-state index in [0.29, 0.717) is 5.69 Å². The average Bonchev–Trinajstić information content (AvgIpc) is 3.15. The predicted molar refractivity (Wildman–Crippen MR) is 81.8 cm³/mol. The largest absolute Gasteiger partial charge is 0.296 e. The standard InChI is InChI=1S/C14H11N3OS2/c1-19-11-5-2-4-10(8-11)17-14(12(9-18)15-16-17)13-6-3-7-20-13/h2-9H,1H3. The van der Waals surface area contributed by atoms with E-state index in [-0.39, 0.29) is 0 Å². The van der Waals surface area contributed by atoms with Gasteiger partial charge in [-0.25, -0.2) is 4.68 Å². The number of benzene rings is 1. The number of hydrogen-bond acceptors (Lipinski definition) is 5. The molecule has 0 saturated carbocycles. The lowest BCUT2D eigenvalue weighted by atomic mass is 10.2. The molecule has 4 nitrogen and oxygen atoms in total. The number of carbonyl (C=O) groups is 1. The summed E-state index contributed by atoms with van der Waals surface area (Å²) >= 11 is 3.23. The Morgan fingerprint density at radius 2 is 2.20 bits per heavy atom. The van der Waals surface area contributed by atoms with Gasteiger partial charge in [-0.1, -0.05) is 17.3 Å². The zero-order valence-corrected chi connectivity index (χ0v) is 12.3. The molecular weight excluding hydrogens is 290 g/mol. The van der Waals surface area contributed by atoms with E-state index in [0.717, 1.165) is 27.4 Å². The highest BCUT2D eigenvalue weighted by Gasteiger charge is 2.16. The number of aromatic nitrogens is 3. The van der Waals surface area contributed by atoms with E-state index in [2.05, 4.69) is 10.3 Å². The maximum Gasteiger partial charge on any atom is 0.172 e. The number of carbonyl (C=O) groups excluding carboxylic acids is 1. The van der Waals surface area contributed by atoms with Crippen LogP contribution < -0.4 is 0 Å². The summed E-state index contributed by atoms with van der Waals surface area (Å²) in [5, 5.41) is 10.1. The van der Waals surface area contributed by atoms with Crippen molar-refractivity contribution in [3.05, 3.63) is 47.5 Å². The first-order chi connectivity index (χ1) is 9.83. The van der Waals surface area contributed by atoms with Crippen LogP contribution in [0.1, 0.15) is 10.5 Å². The molecule has 3 aromatic rings. The number of aldehydes is 1. The molecule has 0 aliphatic carbocycles. The topological polar surface area (TPSA) is 47.8 Å². The number of rotatable bonds is 4. The van der Waals surface area contributed by atoms with Crippen molar-refractivity contribution in [1.29, 1.82) is 0 Å². The van der Waals surface area contributed by atoms with E-state index in [1.807, 2.05) is 48.0 Å². The summed E-state index contributed by atoms with van der Waals surface area (Å²) in [6.45, 7) is 0. The quantitative estimate of drug-likeness (QED) is 0.546. The Balaban J connectivity index is 2.19. The number of hydrogen-bond donors (Lipinski definition) is 0. The zero-order chi connectivity index (χ0) is 13.9. The minimum atomic E-state index is 0.363. The Labute approximate surface area is 124 Å². The van der Waals surface area contributed by atoms with Crippen molar-refractivity contribution in [3.63, 3.8) is 0 Å². The summed E-state index contributed by atoms with van der Waals surface area (Å²) in [5.74, 6) is 0. The van der Waals surface area contributed by atoms with Gasteiger partial charge in [0.15, 0.2) is 12.0 Å². The first kappa shape index (κ1) is 13.1. The van der Waals surface area contributed by atoms with Crippen molar-refractivity contribution in [1.82, 2.24) is 15.0 Å². The van der Waals surface area contributed by atoms with Crippen LogP contribution in [0, 0.1) is 0 Å². The van der Waals surface area contributed by atoms with E-state index >= 15 is 0 Å². The van der Waals surface area contributed by atoms with Crippen LogP contribution in [0.4, 0.5) is 0 Å². The molecule has 0 amide bonds. The van der Waals surface area contributed by atoms with Gasteiger partial charge in [-0.15, -0.1) is 28.2 Å². The molecule has 2 heterocycles. The van der Waals surface area contributed by atoms with Gasteiger partial charge in [0.05, 0.1) is 10.6 Å². The molecule has 100 valence electrons. The maximum atomic E-state index is 11.2. The lowest BCUT2D eigenvalue weighted by Crippen LogP contribution is -1.99. The maximum absolute atomic E-state index is 11.2. The molecule has 0 fully saturated rings. The van der Waals surface area contributed by atoms with Crippen molar-refractivity contribution in [2.75, 3.05) is 6.26 Å². The second-order valence-electron chi connectivity index (χ2n) is 4.03. The molecule has 0 aliphatic rings. The van der Waals surface area contributed by atoms with E-state index in [4.69, 9.17) is 0 Å². The fraction of sp³-hybridized carbons (Fsp3) is 0.0714. The van der Waals surface area contributed by atoms with Gasteiger partial charge in [-0.3, -0.25) is 4.79 Å². The summed E-state index contributed by atoms with van der Waals surface area (Å²) < 4.78 is 1.72. The summed E-state index contributed by atoms with van der Waals surface area (Å²) in [5.41, 5.74) is 2.01. The Hall–Kier alpha value is -1.92. The molecule has 0 atom stereocenters. The molecule has 0 saturated heterocycles. The van der Waals surface area contributed by atoms with E-state index in [1.165, 1.54) is 0 Å². The van der Waals surface area contributed by atoms with Crippen LogP contribution in [0.5, 0.6) is 0 Å². The Bertz CT molecular complexity index is 735. The molecule has 20 heavy (non-hydrogen) atoms. The van der Waals surface area contributed by atoms with Crippen LogP contribution in [0.2, 0.25) is 0 Å². The van der Waals surface area contributed by atoms with Crippen molar-refractivity contribution >= 4 is 29.4 Å². The Morgan fingerprint density at radius 1 is 1.30 bits per heavy atom. The van der Waals surface area contributed by atoms with Crippen LogP contribution in [0.25, 0.3) is 16.3 Å². The first-order valence-corrected chi connectivity index (χ1v) is 8.03. The van der Waals surface area contributed by atoms with Crippen LogP contribution in [0.15, 0.2) is 46.7 Å². The molecule has 0 spiro atoms. The Morgan fingerprint density at radius 3 is 2.90 bits per heavy atom. The second-order valence-corrected chi connectivity index (χ2v) is 5.86. The van der Waals surface area contributed by atoms with E-state index in [1.54, 1.807) is 27.8 Å². The highest BCUT2D eigenvalue weighted by atomic mass is 32.2. The smallest absolute Gasteiger partial charge is 0.172 e. The van der Waals surface area contributed by atoms with E-state index < -0.39 is 0 Å². The fourth-order valence-corrected chi connectivity index (χ4v) is 3.16. The minimum Gasteiger partial charge on any atom is -0.296 e. The van der Waals surface area contributed by atoms with Crippen LogP contribution in [-0.4, -0.2) is 27.5 Å². The van der Waals surface area contributed by atoms with Crippen LogP contribution in [-0.2, 0) is 0 Å². The highest BCUT2D eigenvalue weighted by Crippen LogP contribution is 2.29. The number of nitrogens with zero attached hydrogens (tertiary/aromatic N) is 3. The zero-order valence-electron chi connectivity index (χ0n) is 10.7. The van der Waals surface area contributed by atoms with Gasteiger partial charge in [-0.05, 0) is 35.9 Å². The third-order valence-electron chi connectivity index (χ3n) is 2.86. The average molecular weight is 301 g/mol. The number of thiophene rings is 1. The molecule has 6 heteroatoms. The molecule has 1 aromatic carbocycles. The van der Waals surface area contributed by atoms with Crippen LogP contribution in [0.3, 0.4) is 0 Å².